The van der Waals surface area contributed by atoms with Crippen molar-refractivity contribution >= 4 is 34.7 Å². The van der Waals surface area contributed by atoms with E-state index in [2.05, 4.69) is 15.3 Å². The van der Waals surface area contributed by atoms with Gasteiger partial charge in [0.05, 0.1) is 15.6 Å². The van der Waals surface area contributed by atoms with E-state index in [0.717, 1.165) is 5.56 Å². The molecule has 7 nitrogen and oxygen atoms in total. The molecule has 8 heteroatoms. The number of hydrogen-bond acceptors (Lipinski definition) is 6. The summed E-state index contributed by atoms with van der Waals surface area (Å²) in [5.74, 6) is -0.0214. The average Bonchev–Trinajstić information content (AvgIpc) is 2.32. The molecule has 0 aliphatic rings. The predicted molar refractivity (Wildman–Crippen MR) is 77.3 cm³/mol. The summed E-state index contributed by atoms with van der Waals surface area (Å²) in [6, 6.07) is 5.30. The number of aryl methyl sites for hydroxylation is 2. The van der Waals surface area contributed by atoms with Crippen LogP contribution in [-0.2, 0) is 0 Å². The second-order valence-corrected chi connectivity index (χ2v) is 4.64. The van der Waals surface area contributed by atoms with Crippen molar-refractivity contribution in [3.63, 3.8) is 0 Å². The molecule has 0 aliphatic heterocycles. The number of nitrogens with two attached hydrogens (primary N) is 1. The molecule has 2 aromatic rings. The molecule has 0 aliphatic carbocycles. The zero-order chi connectivity index (χ0) is 14.9. The summed E-state index contributed by atoms with van der Waals surface area (Å²) in [6.45, 7) is 3.38. The van der Waals surface area contributed by atoms with Crippen LogP contribution in [0.5, 0.6) is 0 Å². The quantitative estimate of drug-likeness (QED) is 0.665. The minimum Gasteiger partial charge on any atom is -0.368 e. The fourth-order valence-electron chi connectivity index (χ4n) is 1.76. The highest BCUT2D eigenvalue weighted by Crippen LogP contribution is 2.32. The van der Waals surface area contributed by atoms with Crippen LogP contribution in [0.3, 0.4) is 0 Å². The molecular formula is C12H12ClN5O2. The van der Waals surface area contributed by atoms with Gasteiger partial charge < -0.3 is 11.1 Å². The first-order valence-electron chi connectivity index (χ1n) is 5.70. The number of benzene rings is 1. The van der Waals surface area contributed by atoms with E-state index >= 15 is 0 Å². The lowest BCUT2D eigenvalue weighted by Crippen LogP contribution is -2.07. The Balaban J connectivity index is 2.53. The van der Waals surface area contributed by atoms with Gasteiger partial charge in [-0.1, -0.05) is 17.7 Å². The molecule has 2 rings (SSSR count). The number of aromatic nitrogens is 2. The molecule has 0 unspecified atom stereocenters. The van der Waals surface area contributed by atoms with Gasteiger partial charge in [0.15, 0.2) is 0 Å². The number of rotatable bonds is 3. The summed E-state index contributed by atoms with van der Waals surface area (Å²) in [5, 5.41) is 14.4. The smallest absolute Gasteiger partial charge is 0.332 e. The SMILES string of the molecule is Cc1ccc(Cl)c(Nc2nc(N)nc(C)c2[N+](=O)[O-])c1. The van der Waals surface area contributed by atoms with Gasteiger partial charge in [0.1, 0.15) is 5.69 Å². The summed E-state index contributed by atoms with van der Waals surface area (Å²) in [7, 11) is 0. The van der Waals surface area contributed by atoms with Crippen molar-refractivity contribution in [2.75, 3.05) is 11.1 Å². The lowest BCUT2D eigenvalue weighted by molar-refractivity contribution is -0.385. The molecule has 1 heterocycles. The first kappa shape index (κ1) is 14.0. The van der Waals surface area contributed by atoms with Crippen LogP contribution in [0.25, 0.3) is 0 Å². The van der Waals surface area contributed by atoms with Gasteiger partial charge in [-0.2, -0.15) is 4.98 Å². The van der Waals surface area contributed by atoms with Gasteiger partial charge in [-0.3, -0.25) is 10.1 Å². The summed E-state index contributed by atoms with van der Waals surface area (Å²) in [4.78, 5) is 18.2. The molecule has 104 valence electrons. The molecule has 20 heavy (non-hydrogen) atoms. The van der Waals surface area contributed by atoms with Gasteiger partial charge in [-0.25, -0.2) is 4.98 Å². The van der Waals surface area contributed by atoms with Crippen molar-refractivity contribution in [2.45, 2.75) is 13.8 Å². The lowest BCUT2D eigenvalue weighted by Gasteiger charge is -2.10. The van der Waals surface area contributed by atoms with Gasteiger partial charge in [-0.05, 0) is 31.5 Å². The fourth-order valence-corrected chi connectivity index (χ4v) is 1.92. The zero-order valence-corrected chi connectivity index (χ0v) is 11.6. The number of nitrogen functional groups attached to an aromatic ring is 1. The van der Waals surface area contributed by atoms with Crippen LogP contribution in [0.1, 0.15) is 11.3 Å². The van der Waals surface area contributed by atoms with Crippen LogP contribution < -0.4 is 11.1 Å². The first-order valence-corrected chi connectivity index (χ1v) is 6.08. The van der Waals surface area contributed by atoms with Crippen molar-refractivity contribution in [3.8, 4) is 0 Å². The molecule has 0 atom stereocenters. The van der Waals surface area contributed by atoms with Gasteiger partial charge in [-0.15, -0.1) is 0 Å². The van der Waals surface area contributed by atoms with Crippen molar-refractivity contribution in [3.05, 3.63) is 44.6 Å². The minimum absolute atomic E-state index is 0.0208. The average molecular weight is 294 g/mol. The highest BCUT2D eigenvalue weighted by Gasteiger charge is 2.22. The van der Waals surface area contributed by atoms with Crippen LogP contribution in [0, 0.1) is 24.0 Å². The Bertz CT molecular complexity index is 690. The molecule has 0 spiro atoms. The third-order valence-electron chi connectivity index (χ3n) is 2.63. The number of anilines is 3. The van der Waals surface area contributed by atoms with E-state index in [0.29, 0.717) is 10.7 Å². The second-order valence-electron chi connectivity index (χ2n) is 4.23. The molecule has 0 saturated heterocycles. The second kappa shape index (κ2) is 5.30. The maximum atomic E-state index is 11.1. The molecule has 1 aromatic heterocycles. The highest BCUT2D eigenvalue weighted by atomic mass is 35.5. The molecular weight excluding hydrogens is 282 g/mol. The van der Waals surface area contributed by atoms with E-state index in [4.69, 9.17) is 17.3 Å². The Kier molecular flexibility index (Phi) is 3.71. The fraction of sp³-hybridized carbons (Fsp3) is 0.167. The molecule has 0 saturated carbocycles. The Hall–Kier alpha value is -2.41. The van der Waals surface area contributed by atoms with Crippen molar-refractivity contribution in [1.29, 1.82) is 0 Å². The molecule has 0 radical (unpaired) electrons. The maximum absolute atomic E-state index is 11.1. The van der Waals surface area contributed by atoms with E-state index in [9.17, 15) is 10.1 Å². The van der Waals surface area contributed by atoms with Crippen LogP contribution in [-0.4, -0.2) is 14.9 Å². The van der Waals surface area contributed by atoms with Gasteiger partial charge >= 0.3 is 5.69 Å². The molecule has 1 aromatic carbocycles. The van der Waals surface area contributed by atoms with Gasteiger partial charge in [0.2, 0.25) is 11.8 Å². The van der Waals surface area contributed by atoms with E-state index in [1.807, 2.05) is 13.0 Å². The summed E-state index contributed by atoms with van der Waals surface area (Å²) in [6.07, 6.45) is 0. The molecule has 0 fully saturated rings. The Morgan fingerprint density at radius 2 is 2.05 bits per heavy atom. The van der Waals surface area contributed by atoms with Crippen LogP contribution in [0.15, 0.2) is 18.2 Å². The number of nitrogens with zero attached hydrogens (tertiary/aromatic N) is 3. The largest absolute Gasteiger partial charge is 0.368 e. The number of nitro groups is 1. The predicted octanol–water partition coefficient (Wildman–Crippen LogP) is 2.98. The lowest BCUT2D eigenvalue weighted by atomic mass is 10.2. The molecule has 3 N–H and O–H groups in total. The zero-order valence-electron chi connectivity index (χ0n) is 10.8. The minimum atomic E-state index is -0.555. The Labute approximate surface area is 120 Å². The summed E-state index contributed by atoms with van der Waals surface area (Å²) < 4.78 is 0. The number of nitrogens with one attached hydrogen (secondary N) is 1. The third-order valence-corrected chi connectivity index (χ3v) is 2.96. The van der Waals surface area contributed by atoms with Gasteiger partial charge in [0, 0.05) is 0 Å². The normalized spacial score (nSPS) is 10.3. The number of halogens is 1. The van der Waals surface area contributed by atoms with Crippen molar-refractivity contribution in [2.24, 2.45) is 0 Å². The monoisotopic (exact) mass is 293 g/mol. The van der Waals surface area contributed by atoms with Crippen LogP contribution in [0.2, 0.25) is 5.02 Å². The summed E-state index contributed by atoms with van der Waals surface area (Å²) >= 11 is 6.05. The summed E-state index contributed by atoms with van der Waals surface area (Å²) in [5.41, 5.74) is 6.97. The molecule has 0 amide bonds. The van der Waals surface area contributed by atoms with E-state index in [1.54, 1.807) is 12.1 Å². The first-order chi connectivity index (χ1) is 9.38. The molecule has 0 bridgehead atoms. The third kappa shape index (κ3) is 2.77. The van der Waals surface area contributed by atoms with Crippen molar-refractivity contribution in [1.82, 2.24) is 9.97 Å². The van der Waals surface area contributed by atoms with E-state index in [-0.39, 0.29) is 23.1 Å². The Morgan fingerprint density at radius 3 is 2.70 bits per heavy atom. The maximum Gasteiger partial charge on any atom is 0.332 e. The van der Waals surface area contributed by atoms with Crippen molar-refractivity contribution < 1.29 is 4.92 Å². The van der Waals surface area contributed by atoms with Crippen LogP contribution in [0.4, 0.5) is 23.1 Å². The Morgan fingerprint density at radius 1 is 1.35 bits per heavy atom. The van der Waals surface area contributed by atoms with Crippen LogP contribution >= 0.6 is 11.6 Å². The topological polar surface area (TPSA) is 107 Å². The standard InChI is InChI=1S/C12H12ClN5O2/c1-6-3-4-8(13)9(5-6)16-11-10(18(19)20)7(2)15-12(14)17-11/h3-5H,1-2H3,(H3,14,15,16,17). The van der Waals surface area contributed by atoms with Gasteiger partial charge in [0.25, 0.3) is 0 Å². The highest BCUT2D eigenvalue weighted by molar-refractivity contribution is 6.33. The van der Waals surface area contributed by atoms with E-state index < -0.39 is 4.92 Å². The van der Waals surface area contributed by atoms with E-state index in [1.165, 1.54) is 6.92 Å². The number of hydrogen-bond donors (Lipinski definition) is 2.